The van der Waals surface area contributed by atoms with Gasteiger partial charge in [0, 0.05) is 12.1 Å². The molecule has 0 spiro atoms. The third-order valence-corrected chi connectivity index (χ3v) is 3.09. The molecule has 0 amide bonds. The number of rotatable bonds is 3. The van der Waals surface area contributed by atoms with Crippen molar-refractivity contribution >= 4 is 10.8 Å². The van der Waals surface area contributed by atoms with Gasteiger partial charge >= 0.3 is 0 Å². The number of nitrogens with zero attached hydrogens (tertiary/aromatic N) is 3. The molecule has 1 heterocycles. The Labute approximate surface area is 106 Å². The van der Waals surface area contributed by atoms with Gasteiger partial charge < -0.3 is 4.57 Å². The molecule has 90 valence electrons. The van der Waals surface area contributed by atoms with E-state index in [4.69, 9.17) is 0 Å². The van der Waals surface area contributed by atoms with Gasteiger partial charge in [0.15, 0.2) is 5.82 Å². The molecule has 0 aliphatic rings. The molecule has 0 saturated heterocycles. The molecular weight excluding hydrogens is 222 g/mol. The second-order valence-electron chi connectivity index (χ2n) is 4.41. The second kappa shape index (κ2) is 4.61. The molecule has 3 aromatic rings. The molecule has 0 atom stereocenters. The van der Waals surface area contributed by atoms with Gasteiger partial charge in [-0.2, -0.15) is 0 Å². The van der Waals surface area contributed by atoms with Crippen LogP contribution in [0, 0.1) is 0 Å². The monoisotopic (exact) mass is 237 g/mol. The van der Waals surface area contributed by atoms with Crippen molar-refractivity contribution in [2.24, 2.45) is 0 Å². The lowest BCUT2D eigenvalue weighted by Gasteiger charge is -2.06. The van der Waals surface area contributed by atoms with E-state index >= 15 is 0 Å². The minimum atomic E-state index is 0.947. The minimum absolute atomic E-state index is 0.947. The molecule has 0 radical (unpaired) electrons. The first-order valence-electron chi connectivity index (χ1n) is 6.25. The smallest absolute Gasteiger partial charge is 0.163 e. The van der Waals surface area contributed by atoms with E-state index in [0.29, 0.717) is 0 Å². The van der Waals surface area contributed by atoms with E-state index in [1.807, 2.05) is 0 Å². The van der Waals surface area contributed by atoms with Gasteiger partial charge in [0.1, 0.15) is 6.33 Å². The highest BCUT2D eigenvalue weighted by Crippen LogP contribution is 2.22. The Morgan fingerprint density at radius 3 is 2.72 bits per heavy atom. The van der Waals surface area contributed by atoms with Crippen molar-refractivity contribution in [2.45, 2.75) is 19.9 Å². The van der Waals surface area contributed by atoms with Gasteiger partial charge in [0.25, 0.3) is 0 Å². The van der Waals surface area contributed by atoms with Crippen LogP contribution in [0.2, 0.25) is 0 Å². The van der Waals surface area contributed by atoms with Crippen LogP contribution >= 0.6 is 0 Å². The van der Waals surface area contributed by atoms with Crippen LogP contribution in [0.1, 0.15) is 13.3 Å². The third-order valence-electron chi connectivity index (χ3n) is 3.09. The van der Waals surface area contributed by atoms with Crippen LogP contribution in [0.4, 0.5) is 0 Å². The van der Waals surface area contributed by atoms with Gasteiger partial charge in [0.05, 0.1) is 0 Å². The third kappa shape index (κ3) is 1.88. The Kier molecular flexibility index (Phi) is 2.81. The van der Waals surface area contributed by atoms with Crippen LogP contribution in [-0.2, 0) is 6.54 Å². The molecule has 0 unspecified atom stereocenters. The molecule has 3 heteroatoms. The molecule has 18 heavy (non-hydrogen) atoms. The zero-order chi connectivity index (χ0) is 12.4. The van der Waals surface area contributed by atoms with E-state index in [1.165, 1.54) is 10.8 Å². The van der Waals surface area contributed by atoms with Crippen molar-refractivity contribution in [1.82, 2.24) is 14.8 Å². The average Bonchev–Trinajstić information content (AvgIpc) is 2.87. The van der Waals surface area contributed by atoms with Crippen molar-refractivity contribution < 1.29 is 0 Å². The summed E-state index contributed by atoms with van der Waals surface area (Å²) >= 11 is 0. The van der Waals surface area contributed by atoms with Crippen LogP contribution in [-0.4, -0.2) is 14.8 Å². The Bertz CT molecular complexity index is 670. The largest absolute Gasteiger partial charge is 0.314 e. The molecule has 1 aromatic heterocycles. The highest BCUT2D eigenvalue weighted by Gasteiger charge is 2.06. The molecule has 0 bridgehead atoms. The lowest BCUT2D eigenvalue weighted by atomic mass is 10.1. The summed E-state index contributed by atoms with van der Waals surface area (Å²) in [5.74, 6) is 0.947. The number of benzene rings is 2. The average molecular weight is 237 g/mol. The molecule has 3 rings (SSSR count). The lowest BCUT2D eigenvalue weighted by Crippen LogP contribution is -1.98. The highest BCUT2D eigenvalue weighted by atomic mass is 15.3. The predicted molar refractivity (Wildman–Crippen MR) is 73.3 cm³/mol. The molecule has 0 aliphatic heterocycles. The van der Waals surface area contributed by atoms with Crippen LogP contribution in [0.5, 0.6) is 0 Å². The van der Waals surface area contributed by atoms with E-state index < -0.39 is 0 Å². The molecule has 0 N–H and O–H groups in total. The van der Waals surface area contributed by atoms with Gasteiger partial charge in [-0.05, 0) is 23.3 Å². The normalized spacial score (nSPS) is 10.9. The van der Waals surface area contributed by atoms with Crippen LogP contribution in [0.3, 0.4) is 0 Å². The van der Waals surface area contributed by atoms with E-state index in [0.717, 1.165) is 24.4 Å². The zero-order valence-corrected chi connectivity index (χ0v) is 10.4. The fourth-order valence-electron chi connectivity index (χ4n) is 2.21. The van der Waals surface area contributed by atoms with Gasteiger partial charge in [-0.15, -0.1) is 10.2 Å². The Hall–Kier alpha value is -2.16. The zero-order valence-electron chi connectivity index (χ0n) is 10.4. The molecule has 3 nitrogen and oxygen atoms in total. The van der Waals surface area contributed by atoms with Crippen molar-refractivity contribution in [1.29, 1.82) is 0 Å². The summed E-state index contributed by atoms with van der Waals surface area (Å²) in [4.78, 5) is 0. The van der Waals surface area contributed by atoms with Gasteiger partial charge in [0.2, 0.25) is 0 Å². The van der Waals surface area contributed by atoms with E-state index in [-0.39, 0.29) is 0 Å². The summed E-state index contributed by atoms with van der Waals surface area (Å²) in [6.45, 7) is 3.11. The fraction of sp³-hybridized carbons (Fsp3) is 0.200. The van der Waals surface area contributed by atoms with Gasteiger partial charge in [-0.25, -0.2) is 0 Å². The number of fused-ring (bicyclic) bond motifs is 1. The summed E-state index contributed by atoms with van der Waals surface area (Å²) in [6.07, 6.45) is 2.88. The lowest BCUT2D eigenvalue weighted by molar-refractivity contribution is 0.683. The standard InChI is InChI=1S/C15H15N3/c1-2-9-18-11-16-17-15(18)14-8-7-12-5-3-4-6-13(12)10-14/h3-8,10-11H,2,9H2,1H3. The number of hydrogen-bond acceptors (Lipinski definition) is 2. The van der Waals surface area contributed by atoms with Crippen LogP contribution < -0.4 is 0 Å². The van der Waals surface area contributed by atoms with Crippen LogP contribution in [0.25, 0.3) is 22.2 Å². The number of aromatic nitrogens is 3. The quantitative estimate of drug-likeness (QED) is 0.698. The maximum Gasteiger partial charge on any atom is 0.163 e. The van der Waals surface area contributed by atoms with E-state index in [2.05, 4.69) is 64.2 Å². The minimum Gasteiger partial charge on any atom is -0.314 e. The Balaban J connectivity index is 2.10. The summed E-state index contributed by atoms with van der Waals surface area (Å²) in [5, 5.41) is 10.7. The first-order valence-corrected chi connectivity index (χ1v) is 6.25. The topological polar surface area (TPSA) is 30.7 Å². The predicted octanol–water partition coefficient (Wildman–Crippen LogP) is 3.51. The molecular formula is C15H15N3. The van der Waals surface area contributed by atoms with Gasteiger partial charge in [-0.1, -0.05) is 43.3 Å². The van der Waals surface area contributed by atoms with Crippen molar-refractivity contribution in [2.75, 3.05) is 0 Å². The summed E-state index contributed by atoms with van der Waals surface area (Å²) in [7, 11) is 0. The highest BCUT2D eigenvalue weighted by molar-refractivity contribution is 5.86. The van der Waals surface area contributed by atoms with E-state index in [9.17, 15) is 0 Å². The first kappa shape index (κ1) is 11.0. The number of aryl methyl sites for hydroxylation is 1. The Morgan fingerprint density at radius 1 is 1.06 bits per heavy atom. The molecule has 0 fully saturated rings. The first-order chi connectivity index (χ1) is 8.88. The fourth-order valence-corrected chi connectivity index (χ4v) is 2.21. The maximum absolute atomic E-state index is 4.22. The molecule has 0 aliphatic carbocycles. The van der Waals surface area contributed by atoms with Gasteiger partial charge in [-0.3, -0.25) is 0 Å². The maximum atomic E-state index is 4.22. The summed E-state index contributed by atoms with van der Waals surface area (Å²) in [6, 6.07) is 14.8. The van der Waals surface area contributed by atoms with E-state index in [1.54, 1.807) is 6.33 Å². The molecule has 0 saturated carbocycles. The summed E-state index contributed by atoms with van der Waals surface area (Å²) < 4.78 is 2.10. The SMILES string of the molecule is CCCn1cnnc1-c1ccc2ccccc2c1. The Morgan fingerprint density at radius 2 is 1.89 bits per heavy atom. The summed E-state index contributed by atoms with van der Waals surface area (Å²) in [5.41, 5.74) is 1.12. The van der Waals surface area contributed by atoms with Crippen molar-refractivity contribution in [3.63, 3.8) is 0 Å². The second-order valence-corrected chi connectivity index (χ2v) is 4.41. The number of hydrogen-bond donors (Lipinski definition) is 0. The van der Waals surface area contributed by atoms with Crippen molar-refractivity contribution in [3.05, 3.63) is 48.8 Å². The van der Waals surface area contributed by atoms with Crippen molar-refractivity contribution in [3.8, 4) is 11.4 Å². The molecule has 2 aromatic carbocycles. The van der Waals surface area contributed by atoms with Crippen LogP contribution in [0.15, 0.2) is 48.8 Å².